The Bertz CT molecular complexity index is 570. The SMILES string of the molecule is COCc1nc2n(n1)CC(NC(=O)C1(C(F)F)CCCC1)CC2. The second-order valence-corrected chi connectivity index (χ2v) is 6.43. The number of hydrogen-bond acceptors (Lipinski definition) is 4. The molecule has 1 unspecified atom stereocenters. The van der Waals surface area contributed by atoms with Crippen molar-refractivity contribution >= 4 is 5.91 Å². The largest absolute Gasteiger partial charge is 0.377 e. The molecule has 1 aromatic rings. The first-order chi connectivity index (χ1) is 11.0. The quantitative estimate of drug-likeness (QED) is 0.893. The van der Waals surface area contributed by atoms with Crippen molar-refractivity contribution in [3.8, 4) is 0 Å². The van der Waals surface area contributed by atoms with Crippen LogP contribution in [-0.2, 0) is 29.1 Å². The van der Waals surface area contributed by atoms with Gasteiger partial charge >= 0.3 is 0 Å². The van der Waals surface area contributed by atoms with E-state index in [2.05, 4.69) is 15.4 Å². The summed E-state index contributed by atoms with van der Waals surface area (Å²) in [5.41, 5.74) is -1.50. The topological polar surface area (TPSA) is 69.0 Å². The number of carbonyl (C=O) groups excluding carboxylic acids is 1. The third-order valence-corrected chi connectivity index (χ3v) is 4.88. The molecule has 8 heteroatoms. The van der Waals surface area contributed by atoms with Gasteiger partial charge in [0.1, 0.15) is 17.8 Å². The molecule has 3 rings (SSSR count). The summed E-state index contributed by atoms with van der Waals surface area (Å²) < 4.78 is 33.6. The number of ether oxygens (including phenoxy) is 1. The van der Waals surface area contributed by atoms with Gasteiger partial charge in [-0.15, -0.1) is 0 Å². The highest BCUT2D eigenvalue weighted by Crippen LogP contribution is 2.43. The van der Waals surface area contributed by atoms with E-state index in [9.17, 15) is 13.6 Å². The summed E-state index contributed by atoms with van der Waals surface area (Å²) in [5.74, 6) is 0.956. The maximum absolute atomic E-state index is 13.4. The molecule has 1 saturated carbocycles. The molecular formula is C15H22F2N4O2. The molecule has 1 fully saturated rings. The summed E-state index contributed by atoms with van der Waals surface area (Å²) in [6.45, 7) is 0.808. The first-order valence-corrected chi connectivity index (χ1v) is 8.06. The first-order valence-electron chi connectivity index (χ1n) is 8.06. The number of nitrogens with zero attached hydrogens (tertiary/aromatic N) is 3. The number of halogens is 2. The lowest BCUT2D eigenvalue weighted by Gasteiger charge is -2.31. The van der Waals surface area contributed by atoms with Crippen LogP contribution in [0.5, 0.6) is 0 Å². The molecule has 6 nitrogen and oxygen atoms in total. The van der Waals surface area contributed by atoms with Crippen LogP contribution in [0.4, 0.5) is 8.78 Å². The zero-order valence-electron chi connectivity index (χ0n) is 13.2. The zero-order valence-corrected chi connectivity index (χ0v) is 13.2. The predicted octanol–water partition coefficient (Wildman–Crippen LogP) is 1.68. The number of rotatable bonds is 5. The Hall–Kier alpha value is -1.57. The monoisotopic (exact) mass is 328 g/mol. The highest BCUT2D eigenvalue weighted by atomic mass is 19.3. The summed E-state index contributed by atoms with van der Waals surface area (Å²) in [7, 11) is 1.58. The molecular weight excluding hydrogens is 306 g/mol. The van der Waals surface area contributed by atoms with Gasteiger partial charge in [0.05, 0.1) is 6.54 Å². The standard InChI is InChI=1S/C15H22F2N4O2/c1-23-9-11-19-12-5-4-10(8-21(12)20-11)18-14(22)15(13(16)17)6-2-3-7-15/h10,13H,2-9H2,1H3,(H,18,22). The second-order valence-electron chi connectivity index (χ2n) is 6.43. The van der Waals surface area contributed by atoms with Crippen molar-refractivity contribution in [1.29, 1.82) is 0 Å². The van der Waals surface area contributed by atoms with Gasteiger partial charge in [-0.2, -0.15) is 5.10 Å². The number of hydrogen-bond donors (Lipinski definition) is 1. The van der Waals surface area contributed by atoms with Crippen molar-refractivity contribution < 1.29 is 18.3 Å². The number of alkyl halides is 2. The Morgan fingerprint density at radius 3 is 2.87 bits per heavy atom. The molecule has 1 N–H and O–H groups in total. The molecule has 128 valence electrons. The number of methoxy groups -OCH3 is 1. The van der Waals surface area contributed by atoms with Crippen LogP contribution in [0.2, 0.25) is 0 Å². The van der Waals surface area contributed by atoms with Crippen LogP contribution >= 0.6 is 0 Å². The molecule has 1 amide bonds. The molecule has 1 aromatic heterocycles. The highest BCUT2D eigenvalue weighted by molar-refractivity contribution is 5.83. The third kappa shape index (κ3) is 3.08. The first kappa shape index (κ1) is 16.3. The summed E-state index contributed by atoms with van der Waals surface area (Å²) in [4.78, 5) is 16.8. The lowest BCUT2D eigenvalue weighted by molar-refractivity contribution is -0.141. The molecule has 1 aliphatic heterocycles. The Labute approximate surface area is 133 Å². The third-order valence-electron chi connectivity index (χ3n) is 4.88. The van der Waals surface area contributed by atoms with Crippen molar-refractivity contribution in [3.05, 3.63) is 11.6 Å². The summed E-state index contributed by atoms with van der Waals surface area (Å²) >= 11 is 0. The van der Waals surface area contributed by atoms with Gasteiger partial charge in [0.2, 0.25) is 5.91 Å². The lowest BCUT2D eigenvalue weighted by Crippen LogP contribution is -2.50. The normalized spacial score (nSPS) is 23.0. The van der Waals surface area contributed by atoms with Crippen molar-refractivity contribution in [2.75, 3.05) is 7.11 Å². The van der Waals surface area contributed by atoms with Crippen LogP contribution in [0.1, 0.15) is 43.8 Å². The van der Waals surface area contributed by atoms with Gasteiger partial charge in [-0.1, -0.05) is 12.8 Å². The smallest absolute Gasteiger partial charge is 0.252 e. The fraction of sp³-hybridized carbons (Fsp3) is 0.800. The fourth-order valence-electron chi connectivity index (χ4n) is 3.55. The molecule has 2 heterocycles. The fourth-order valence-corrected chi connectivity index (χ4v) is 3.55. The second kappa shape index (κ2) is 6.51. The maximum atomic E-state index is 13.4. The Morgan fingerprint density at radius 2 is 2.22 bits per heavy atom. The van der Waals surface area contributed by atoms with Crippen LogP contribution in [0.25, 0.3) is 0 Å². The van der Waals surface area contributed by atoms with Crippen LogP contribution in [0, 0.1) is 5.41 Å². The number of aryl methyl sites for hydroxylation is 1. The van der Waals surface area contributed by atoms with Crippen molar-refractivity contribution in [1.82, 2.24) is 20.1 Å². The van der Waals surface area contributed by atoms with E-state index in [0.717, 1.165) is 5.82 Å². The van der Waals surface area contributed by atoms with Gasteiger partial charge in [0.25, 0.3) is 6.43 Å². The minimum atomic E-state index is -2.61. The predicted molar refractivity (Wildman–Crippen MR) is 77.9 cm³/mol. The van der Waals surface area contributed by atoms with Gasteiger partial charge in [0.15, 0.2) is 5.82 Å². The van der Waals surface area contributed by atoms with E-state index in [-0.39, 0.29) is 18.9 Å². The average Bonchev–Trinajstić information content (AvgIpc) is 3.13. The molecule has 1 aliphatic carbocycles. The molecule has 0 bridgehead atoms. The van der Waals surface area contributed by atoms with Gasteiger partial charge in [-0.3, -0.25) is 4.79 Å². The van der Waals surface area contributed by atoms with Crippen molar-refractivity contribution in [3.63, 3.8) is 0 Å². The van der Waals surface area contributed by atoms with Gasteiger partial charge in [-0.05, 0) is 19.3 Å². The minimum absolute atomic E-state index is 0.177. The maximum Gasteiger partial charge on any atom is 0.252 e. The van der Waals surface area contributed by atoms with Gasteiger partial charge in [0, 0.05) is 19.6 Å². The molecule has 0 radical (unpaired) electrons. The number of amides is 1. The van der Waals surface area contributed by atoms with Gasteiger partial charge < -0.3 is 10.1 Å². The molecule has 0 spiro atoms. The number of fused-ring (bicyclic) bond motifs is 1. The van der Waals surface area contributed by atoms with Crippen LogP contribution < -0.4 is 5.32 Å². The summed E-state index contributed by atoms with van der Waals surface area (Å²) in [5, 5.41) is 7.16. The van der Waals surface area contributed by atoms with Crippen LogP contribution in [-0.4, -0.2) is 40.2 Å². The minimum Gasteiger partial charge on any atom is -0.377 e. The molecule has 2 aliphatic rings. The number of aromatic nitrogens is 3. The summed E-state index contributed by atoms with van der Waals surface area (Å²) in [6.07, 6.45) is 0.681. The van der Waals surface area contributed by atoms with E-state index in [1.165, 1.54) is 0 Å². The molecule has 23 heavy (non-hydrogen) atoms. The zero-order chi connectivity index (χ0) is 16.4. The Kier molecular flexibility index (Phi) is 4.61. The Balaban J connectivity index is 1.66. The molecule has 0 saturated heterocycles. The Morgan fingerprint density at radius 1 is 1.48 bits per heavy atom. The van der Waals surface area contributed by atoms with Crippen molar-refractivity contribution in [2.45, 2.75) is 64.1 Å². The van der Waals surface area contributed by atoms with E-state index in [4.69, 9.17) is 4.74 Å². The average molecular weight is 328 g/mol. The van der Waals surface area contributed by atoms with Crippen LogP contribution in [0.3, 0.4) is 0 Å². The van der Waals surface area contributed by atoms with E-state index >= 15 is 0 Å². The number of carbonyl (C=O) groups is 1. The highest BCUT2D eigenvalue weighted by Gasteiger charge is 2.49. The van der Waals surface area contributed by atoms with Crippen molar-refractivity contribution in [2.24, 2.45) is 5.41 Å². The molecule has 0 aromatic carbocycles. The molecule has 1 atom stereocenters. The summed E-state index contributed by atoms with van der Waals surface area (Å²) in [6, 6.07) is -0.177. The van der Waals surface area contributed by atoms with E-state index in [1.54, 1.807) is 11.8 Å². The number of nitrogens with one attached hydrogen (secondary N) is 1. The van der Waals surface area contributed by atoms with E-state index in [0.29, 0.717) is 44.7 Å². The van der Waals surface area contributed by atoms with Crippen LogP contribution in [0.15, 0.2) is 0 Å². The van der Waals surface area contributed by atoms with E-state index < -0.39 is 17.7 Å². The van der Waals surface area contributed by atoms with E-state index in [1.807, 2.05) is 0 Å². The lowest BCUT2D eigenvalue weighted by atomic mass is 9.85. The van der Waals surface area contributed by atoms with Gasteiger partial charge in [-0.25, -0.2) is 18.4 Å².